The molecular weight excluding hydrogens is 477 g/mol. The Morgan fingerprint density at radius 3 is 2.51 bits per heavy atom. The number of halogens is 1. The fourth-order valence-electron chi connectivity index (χ4n) is 4.13. The van der Waals surface area contributed by atoms with Crippen molar-refractivity contribution in [1.29, 1.82) is 0 Å². The maximum Gasteiger partial charge on any atom is 0.256 e. The third-order valence-electron chi connectivity index (χ3n) is 6.28. The second kappa shape index (κ2) is 11.9. The Hall–Kier alpha value is -3.83. The molecule has 2 N–H and O–H groups in total. The second-order valence-corrected chi connectivity index (χ2v) is 8.86. The van der Waals surface area contributed by atoms with Crippen molar-refractivity contribution in [3.8, 4) is 11.4 Å². The van der Waals surface area contributed by atoms with Gasteiger partial charge in [0.15, 0.2) is 0 Å². The molecule has 0 spiro atoms. The molecule has 10 nitrogen and oxygen atoms in total. The number of aryl methyl sites for hydroxylation is 1. The van der Waals surface area contributed by atoms with E-state index in [2.05, 4.69) is 32.9 Å². The first-order valence-corrected chi connectivity index (χ1v) is 12.3. The first-order valence-electron chi connectivity index (χ1n) is 12.3. The lowest BCUT2D eigenvalue weighted by Gasteiger charge is -2.31. The Morgan fingerprint density at radius 2 is 1.86 bits per heavy atom. The van der Waals surface area contributed by atoms with Gasteiger partial charge in [-0.15, -0.1) is 0 Å². The van der Waals surface area contributed by atoms with Crippen molar-refractivity contribution in [2.24, 2.45) is 0 Å². The van der Waals surface area contributed by atoms with Crippen molar-refractivity contribution in [2.45, 2.75) is 26.9 Å². The Balaban J connectivity index is 1.39. The predicted molar refractivity (Wildman–Crippen MR) is 137 cm³/mol. The number of anilines is 1. The van der Waals surface area contributed by atoms with Crippen molar-refractivity contribution >= 4 is 17.5 Å². The van der Waals surface area contributed by atoms with Crippen LogP contribution in [0.2, 0.25) is 0 Å². The molecule has 0 atom stereocenters. The number of carbonyl (C=O) groups excluding carboxylic acids is 2. The van der Waals surface area contributed by atoms with Crippen molar-refractivity contribution < 1.29 is 18.5 Å². The zero-order valence-corrected chi connectivity index (χ0v) is 21.3. The van der Waals surface area contributed by atoms with Crippen molar-refractivity contribution in [3.63, 3.8) is 0 Å². The highest BCUT2D eigenvalue weighted by molar-refractivity contribution is 5.87. The van der Waals surface area contributed by atoms with Crippen LogP contribution in [0.4, 0.5) is 10.1 Å². The van der Waals surface area contributed by atoms with Crippen molar-refractivity contribution in [3.05, 3.63) is 65.3 Å². The molecule has 1 aliphatic rings. The Labute approximate surface area is 215 Å². The van der Waals surface area contributed by atoms with E-state index < -0.39 is 5.82 Å². The van der Waals surface area contributed by atoms with Crippen LogP contribution in [0.3, 0.4) is 0 Å². The van der Waals surface area contributed by atoms with Gasteiger partial charge in [-0.1, -0.05) is 36.3 Å². The number of nitrogens with zero attached hydrogens (tertiary/aromatic N) is 5. The highest BCUT2D eigenvalue weighted by Crippen LogP contribution is 2.24. The zero-order valence-electron chi connectivity index (χ0n) is 21.3. The maximum atomic E-state index is 14.5. The molecule has 37 heavy (non-hydrogen) atoms. The van der Waals surface area contributed by atoms with E-state index in [1.165, 1.54) is 28.2 Å². The van der Waals surface area contributed by atoms with Crippen LogP contribution in [0, 0.1) is 12.7 Å². The molecule has 2 heterocycles. The highest BCUT2D eigenvalue weighted by atomic mass is 19.1. The van der Waals surface area contributed by atoms with Crippen LogP contribution in [-0.2, 0) is 22.7 Å². The molecule has 0 aliphatic carbocycles. The van der Waals surface area contributed by atoms with Gasteiger partial charge in [0, 0.05) is 45.7 Å². The van der Waals surface area contributed by atoms with Gasteiger partial charge >= 0.3 is 0 Å². The summed E-state index contributed by atoms with van der Waals surface area (Å²) in [5, 5.41) is 13.4. The van der Waals surface area contributed by atoms with Gasteiger partial charge in [-0.2, -0.15) is 4.98 Å². The zero-order chi connectivity index (χ0) is 26.4. The van der Waals surface area contributed by atoms with E-state index in [0.29, 0.717) is 43.5 Å². The minimum atomic E-state index is -0.514. The molecule has 11 heteroatoms. The first kappa shape index (κ1) is 26.2. The molecule has 0 unspecified atom stereocenters. The van der Waals surface area contributed by atoms with Gasteiger partial charge in [0.25, 0.3) is 5.91 Å². The van der Waals surface area contributed by atoms with E-state index in [0.717, 1.165) is 6.54 Å². The number of hydrogen-bond acceptors (Lipinski definition) is 8. The van der Waals surface area contributed by atoms with Gasteiger partial charge in [0.2, 0.25) is 17.6 Å². The number of benzene rings is 2. The van der Waals surface area contributed by atoms with Gasteiger partial charge < -0.3 is 20.1 Å². The number of hydrazine groups is 1. The largest absolute Gasteiger partial charge is 0.374 e. The topological polar surface area (TPSA) is 107 Å². The third kappa shape index (κ3) is 6.49. The fraction of sp³-hybridized carbons (Fsp3) is 0.385. The third-order valence-corrected chi connectivity index (χ3v) is 6.28. The summed E-state index contributed by atoms with van der Waals surface area (Å²) in [6.45, 7) is 6.28. The molecule has 2 amide bonds. The van der Waals surface area contributed by atoms with Gasteiger partial charge in [-0.05, 0) is 35.9 Å². The summed E-state index contributed by atoms with van der Waals surface area (Å²) in [6.07, 6.45) is 0. The quantitative estimate of drug-likeness (QED) is 0.380. The predicted octanol–water partition coefficient (Wildman–Crippen LogP) is 2.42. The molecule has 3 aromatic rings. The molecule has 4 rings (SSSR count). The summed E-state index contributed by atoms with van der Waals surface area (Å²) in [4.78, 5) is 31.9. The van der Waals surface area contributed by atoms with E-state index in [4.69, 9.17) is 4.52 Å². The Kier molecular flexibility index (Phi) is 8.47. The lowest BCUT2D eigenvalue weighted by atomic mass is 10.1. The standard InChI is InChI=1S/C26H32FN7O3/c1-4-28-11-12-33(17-25(36)32(3)34-15-20-7-5-6-8-21(20)16-34)24(35)14-29-23-13-19(9-10-22(23)27)26-30-18(2)37-31-26/h5-10,13,28-29H,4,11-12,14-17H2,1-3H3. The minimum absolute atomic E-state index is 0.0834. The van der Waals surface area contributed by atoms with Crippen LogP contribution < -0.4 is 10.6 Å². The molecular formula is C26H32FN7O3. The summed E-state index contributed by atoms with van der Waals surface area (Å²) in [6, 6.07) is 12.4. The average molecular weight is 510 g/mol. The van der Waals surface area contributed by atoms with E-state index in [-0.39, 0.29) is 30.6 Å². The lowest BCUT2D eigenvalue weighted by Crippen LogP contribution is -2.49. The number of rotatable bonds is 11. The van der Waals surface area contributed by atoms with E-state index in [9.17, 15) is 14.0 Å². The molecule has 2 aromatic carbocycles. The Bertz CT molecular complexity index is 1220. The summed E-state index contributed by atoms with van der Waals surface area (Å²) < 4.78 is 19.5. The monoisotopic (exact) mass is 509 g/mol. The average Bonchev–Trinajstić information content (AvgIpc) is 3.53. The number of hydrogen-bond donors (Lipinski definition) is 2. The van der Waals surface area contributed by atoms with Gasteiger partial charge in [-0.3, -0.25) is 14.6 Å². The molecule has 196 valence electrons. The van der Waals surface area contributed by atoms with Gasteiger partial charge in [0.05, 0.1) is 12.2 Å². The second-order valence-electron chi connectivity index (χ2n) is 8.86. The van der Waals surface area contributed by atoms with Crippen LogP contribution >= 0.6 is 0 Å². The van der Waals surface area contributed by atoms with Crippen LogP contribution in [-0.4, -0.2) is 76.6 Å². The van der Waals surface area contributed by atoms with Crippen LogP contribution in [0.5, 0.6) is 0 Å². The summed E-state index contributed by atoms with van der Waals surface area (Å²) in [7, 11) is 1.72. The smallest absolute Gasteiger partial charge is 0.256 e. The minimum Gasteiger partial charge on any atom is -0.374 e. The van der Waals surface area contributed by atoms with E-state index in [1.54, 1.807) is 25.0 Å². The molecule has 0 radical (unpaired) electrons. The highest BCUT2D eigenvalue weighted by Gasteiger charge is 2.27. The first-order chi connectivity index (χ1) is 17.9. The summed E-state index contributed by atoms with van der Waals surface area (Å²) >= 11 is 0. The Morgan fingerprint density at radius 1 is 1.14 bits per heavy atom. The number of aromatic nitrogens is 2. The molecule has 0 saturated heterocycles. The lowest BCUT2D eigenvalue weighted by molar-refractivity contribution is -0.151. The van der Waals surface area contributed by atoms with Gasteiger partial charge in [-0.25, -0.2) is 9.40 Å². The molecule has 1 aromatic heterocycles. The van der Waals surface area contributed by atoms with Gasteiger partial charge in [0.1, 0.15) is 12.4 Å². The molecule has 0 fully saturated rings. The van der Waals surface area contributed by atoms with Crippen molar-refractivity contribution in [1.82, 2.24) is 30.4 Å². The van der Waals surface area contributed by atoms with Crippen LogP contribution in [0.25, 0.3) is 11.4 Å². The number of likely N-dealkylation sites (N-methyl/N-ethyl adjacent to an activating group) is 2. The number of carbonyl (C=O) groups is 2. The number of amides is 2. The SMILES string of the molecule is CCNCCN(CC(=O)N(C)N1Cc2ccccc2C1)C(=O)CNc1cc(-c2noc(C)n2)ccc1F. The van der Waals surface area contributed by atoms with E-state index in [1.807, 2.05) is 24.1 Å². The van der Waals surface area contributed by atoms with Crippen LogP contribution in [0.1, 0.15) is 23.9 Å². The number of nitrogens with one attached hydrogen (secondary N) is 2. The molecule has 1 aliphatic heterocycles. The van der Waals surface area contributed by atoms with E-state index >= 15 is 0 Å². The molecule has 0 saturated carbocycles. The molecule has 0 bridgehead atoms. The van der Waals surface area contributed by atoms with Crippen LogP contribution in [0.15, 0.2) is 47.0 Å². The summed E-state index contributed by atoms with van der Waals surface area (Å²) in [5.41, 5.74) is 3.07. The fourth-order valence-corrected chi connectivity index (χ4v) is 4.13. The normalized spacial score (nSPS) is 12.9. The summed E-state index contributed by atoms with van der Waals surface area (Å²) in [5.74, 6) is -0.298. The maximum absolute atomic E-state index is 14.5. The van der Waals surface area contributed by atoms with Crippen molar-refractivity contribution in [2.75, 3.05) is 45.1 Å². The number of fused-ring (bicyclic) bond motifs is 1.